The van der Waals surface area contributed by atoms with Crippen molar-refractivity contribution < 1.29 is 4.43 Å². The molecule has 0 aromatic rings. The Bertz CT molecular complexity index is 258. The maximum atomic E-state index is 6.84. The first-order chi connectivity index (χ1) is 10.7. The van der Waals surface area contributed by atoms with Gasteiger partial charge in [-0.05, 0) is 55.3 Å². The van der Waals surface area contributed by atoms with E-state index in [1.165, 1.54) is 74.6 Å². The highest BCUT2D eigenvalue weighted by atomic mass is 32.2. The van der Waals surface area contributed by atoms with E-state index in [1.54, 1.807) is 0 Å². The van der Waals surface area contributed by atoms with Crippen LogP contribution in [-0.2, 0) is 4.43 Å². The van der Waals surface area contributed by atoms with Crippen molar-refractivity contribution in [1.29, 1.82) is 0 Å². The zero-order chi connectivity index (χ0) is 16.3. The summed E-state index contributed by atoms with van der Waals surface area (Å²) in [6.45, 7) is 9.37. The Kier molecular flexibility index (Phi) is 11.7. The smallest absolute Gasteiger partial charge is 0.192 e. The van der Waals surface area contributed by atoms with Crippen LogP contribution in [0.2, 0.25) is 18.1 Å². The number of rotatable bonds is 12. The van der Waals surface area contributed by atoms with Crippen LogP contribution >= 0.6 is 23.5 Å². The molecule has 22 heavy (non-hydrogen) atoms. The SMILES string of the molecule is CCCCCC(CCC1SCCCS1)O[Si](CC)(CC)CC. The van der Waals surface area contributed by atoms with Gasteiger partial charge in [-0.3, -0.25) is 0 Å². The van der Waals surface area contributed by atoms with Crippen LogP contribution in [0.15, 0.2) is 0 Å². The molecule has 1 rings (SSSR count). The van der Waals surface area contributed by atoms with Crippen LogP contribution in [0.4, 0.5) is 0 Å². The Morgan fingerprint density at radius 2 is 1.59 bits per heavy atom. The highest BCUT2D eigenvalue weighted by Gasteiger charge is 2.32. The molecule has 4 heteroatoms. The summed E-state index contributed by atoms with van der Waals surface area (Å²) in [5.74, 6) is 2.74. The molecule has 0 aliphatic carbocycles. The Balaban J connectivity index is 2.49. The average Bonchev–Trinajstić information content (AvgIpc) is 2.58. The van der Waals surface area contributed by atoms with Gasteiger partial charge in [-0.1, -0.05) is 47.0 Å². The number of hydrogen-bond acceptors (Lipinski definition) is 3. The normalized spacial score (nSPS) is 18.5. The van der Waals surface area contributed by atoms with E-state index in [0.29, 0.717) is 6.10 Å². The summed E-state index contributed by atoms with van der Waals surface area (Å²) in [6.07, 6.45) is 9.93. The van der Waals surface area contributed by atoms with Crippen LogP contribution in [0.5, 0.6) is 0 Å². The molecule has 1 fully saturated rings. The van der Waals surface area contributed by atoms with Crippen LogP contribution in [-0.4, -0.2) is 30.5 Å². The van der Waals surface area contributed by atoms with Gasteiger partial charge in [-0.25, -0.2) is 0 Å². The van der Waals surface area contributed by atoms with Gasteiger partial charge in [-0.15, -0.1) is 23.5 Å². The van der Waals surface area contributed by atoms with Gasteiger partial charge in [0.05, 0.1) is 4.58 Å². The highest BCUT2D eigenvalue weighted by molar-refractivity contribution is 8.17. The summed E-state index contributed by atoms with van der Waals surface area (Å²) >= 11 is 4.38. The lowest BCUT2D eigenvalue weighted by atomic mass is 10.1. The zero-order valence-corrected chi connectivity index (χ0v) is 18.0. The van der Waals surface area contributed by atoms with Gasteiger partial charge in [-0.2, -0.15) is 0 Å². The minimum absolute atomic E-state index is 0.543. The van der Waals surface area contributed by atoms with Crippen molar-refractivity contribution in [3.8, 4) is 0 Å². The van der Waals surface area contributed by atoms with Gasteiger partial charge >= 0.3 is 0 Å². The second-order valence-corrected chi connectivity index (χ2v) is 14.2. The molecule has 1 saturated heterocycles. The number of thioether (sulfide) groups is 2. The van der Waals surface area contributed by atoms with Crippen molar-refractivity contribution in [2.45, 2.75) is 101 Å². The van der Waals surface area contributed by atoms with Crippen molar-refractivity contribution in [1.82, 2.24) is 0 Å². The molecule has 1 aliphatic rings. The molecule has 1 nitrogen and oxygen atoms in total. The van der Waals surface area contributed by atoms with E-state index in [2.05, 4.69) is 51.2 Å². The van der Waals surface area contributed by atoms with Gasteiger partial charge in [0.2, 0.25) is 0 Å². The third-order valence-corrected chi connectivity index (χ3v) is 12.9. The summed E-state index contributed by atoms with van der Waals surface area (Å²) in [5, 5.41) is 0. The lowest BCUT2D eigenvalue weighted by molar-refractivity contribution is 0.161. The average molecular weight is 363 g/mol. The Morgan fingerprint density at radius 3 is 2.14 bits per heavy atom. The fourth-order valence-corrected chi connectivity index (χ4v) is 9.10. The molecule has 0 aromatic carbocycles. The third-order valence-electron chi connectivity index (χ3n) is 5.10. The first-order valence-electron chi connectivity index (χ1n) is 9.60. The van der Waals surface area contributed by atoms with E-state index in [1.807, 2.05) is 0 Å². The molecule has 0 bridgehead atoms. The van der Waals surface area contributed by atoms with Crippen molar-refractivity contribution in [3.63, 3.8) is 0 Å². The van der Waals surface area contributed by atoms with E-state index >= 15 is 0 Å². The van der Waals surface area contributed by atoms with Crippen LogP contribution in [0.25, 0.3) is 0 Å². The van der Waals surface area contributed by atoms with Crippen LogP contribution < -0.4 is 0 Å². The second kappa shape index (κ2) is 12.3. The molecule has 0 N–H and O–H groups in total. The van der Waals surface area contributed by atoms with E-state index in [9.17, 15) is 0 Å². The number of hydrogen-bond donors (Lipinski definition) is 0. The van der Waals surface area contributed by atoms with Gasteiger partial charge in [0.25, 0.3) is 0 Å². The minimum Gasteiger partial charge on any atom is -0.414 e. The van der Waals surface area contributed by atoms with E-state index in [4.69, 9.17) is 4.43 Å². The molecule has 1 atom stereocenters. The summed E-state index contributed by atoms with van der Waals surface area (Å²) in [6, 6.07) is 3.87. The lowest BCUT2D eigenvalue weighted by Gasteiger charge is -2.34. The summed E-state index contributed by atoms with van der Waals surface area (Å²) in [7, 11) is -1.44. The van der Waals surface area contributed by atoms with Gasteiger partial charge in [0.15, 0.2) is 8.32 Å². The summed E-state index contributed by atoms with van der Waals surface area (Å²) in [5.41, 5.74) is 0. The first kappa shape index (κ1) is 20.9. The largest absolute Gasteiger partial charge is 0.414 e. The van der Waals surface area contributed by atoms with Crippen LogP contribution in [0, 0.1) is 0 Å². The van der Waals surface area contributed by atoms with Crippen molar-refractivity contribution in [2.24, 2.45) is 0 Å². The van der Waals surface area contributed by atoms with Crippen molar-refractivity contribution in [2.75, 3.05) is 11.5 Å². The molecule has 0 amide bonds. The maximum Gasteiger partial charge on any atom is 0.192 e. The monoisotopic (exact) mass is 362 g/mol. The van der Waals surface area contributed by atoms with Gasteiger partial charge in [0.1, 0.15) is 0 Å². The Morgan fingerprint density at radius 1 is 0.955 bits per heavy atom. The topological polar surface area (TPSA) is 9.23 Å². The molecular formula is C18H38OS2Si. The highest BCUT2D eigenvalue weighted by Crippen LogP contribution is 2.35. The summed E-state index contributed by atoms with van der Waals surface area (Å²) < 4.78 is 7.68. The molecule has 0 saturated carbocycles. The standard InChI is InChI=1S/C18H38OS2Si/c1-5-9-10-12-17(19-22(6-2,7-3)8-4)13-14-18-20-15-11-16-21-18/h17-18H,5-16H2,1-4H3. The maximum absolute atomic E-state index is 6.84. The Labute approximate surface area is 149 Å². The molecule has 1 heterocycles. The van der Waals surface area contributed by atoms with E-state index in [0.717, 1.165) is 4.58 Å². The number of unbranched alkanes of at least 4 members (excludes halogenated alkanes) is 2. The molecule has 0 aromatic heterocycles. The predicted octanol–water partition coefficient (Wildman–Crippen LogP) is 6.93. The van der Waals surface area contributed by atoms with Crippen molar-refractivity contribution in [3.05, 3.63) is 0 Å². The quantitative estimate of drug-likeness (QED) is 0.275. The molecule has 1 aliphatic heterocycles. The molecular weight excluding hydrogens is 324 g/mol. The first-order valence-corrected chi connectivity index (χ1v) is 14.2. The van der Waals surface area contributed by atoms with Gasteiger partial charge in [0, 0.05) is 6.10 Å². The zero-order valence-electron chi connectivity index (χ0n) is 15.4. The lowest BCUT2D eigenvalue weighted by Crippen LogP contribution is -2.40. The van der Waals surface area contributed by atoms with Crippen LogP contribution in [0.1, 0.15) is 72.6 Å². The molecule has 132 valence electrons. The Hall–Kier alpha value is 0.877. The minimum atomic E-state index is -1.44. The predicted molar refractivity (Wildman–Crippen MR) is 109 cm³/mol. The molecule has 0 radical (unpaired) electrons. The van der Waals surface area contributed by atoms with Crippen molar-refractivity contribution >= 4 is 31.8 Å². The van der Waals surface area contributed by atoms with E-state index in [-0.39, 0.29) is 0 Å². The molecule has 0 spiro atoms. The third kappa shape index (κ3) is 7.63. The van der Waals surface area contributed by atoms with Gasteiger partial charge < -0.3 is 4.43 Å². The van der Waals surface area contributed by atoms with E-state index < -0.39 is 8.32 Å². The fourth-order valence-electron chi connectivity index (χ4n) is 3.26. The fraction of sp³-hybridized carbons (Fsp3) is 1.00. The molecule has 1 unspecified atom stereocenters. The second-order valence-electron chi connectivity index (χ2n) is 6.58. The van der Waals surface area contributed by atoms with Crippen LogP contribution in [0.3, 0.4) is 0 Å². The summed E-state index contributed by atoms with van der Waals surface area (Å²) in [4.78, 5) is 0.